The van der Waals surface area contributed by atoms with Crippen LogP contribution in [0, 0.1) is 0 Å². The summed E-state index contributed by atoms with van der Waals surface area (Å²) in [5.41, 5.74) is 3.77. The van der Waals surface area contributed by atoms with E-state index in [1.54, 1.807) is 7.11 Å². The highest BCUT2D eigenvalue weighted by Crippen LogP contribution is 2.21. The standard InChI is InChI=1S/C18H30N2O2/c1-3-4-10-19-14-16-13-15-8-5-6-9-17(15)20(18(16)21)11-7-12-22-2/h13,19H,3-12,14H2,1-2H3. The van der Waals surface area contributed by atoms with Crippen LogP contribution in [0.5, 0.6) is 0 Å². The number of aromatic nitrogens is 1. The molecule has 0 unspecified atom stereocenters. The molecule has 0 atom stereocenters. The van der Waals surface area contributed by atoms with Gasteiger partial charge < -0.3 is 14.6 Å². The lowest BCUT2D eigenvalue weighted by Gasteiger charge is -2.22. The highest BCUT2D eigenvalue weighted by atomic mass is 16.5. The molecule has 1 aliphatic rings. The normalized spacial score (nSPS) is 14.1. The number of pyridine rings is 1. The zero-order valence-electron chi connectivity index (χ0n) is 14.1. The van der Waals surface area contributed by atoms with E-state index in [4.69, 9.17) is 4.74 Å². The fourth-order valence-corrected chi connectivity index (χ4v) is 3.20. The Morgan fingerprint density at radius 1 is 1.27 bits per heavy atom. The molecule has 0 aromatic carbocycles. The first-order valence-corrected chi connectivity index (χ1v) is 8.72. The van der Waals surface area contributed by atoms with Crippen molar-refractivity contribution in [3.8, 4) is 0 Å². The van der Waals surface area contributed by atoms with E-state index in [-0.39, 0.29) is 5.56 Å². The van der Waals surface area contributed by atoms with E-state index >= 15 is 0 Å². The summed E-state index contributed by atoms with van der Waals surface area (Å²) in [4.78, 5) is 12.8. The zero-order chi connectivity index (χ0) is 15.8. The van der Waals surface area contributed by atoms with Gasteiger partial charge in [0.1, 0.15) is 0 Å². The molecule has 2 rings (SSSR count). The monoisotopic (exact) mass is 306 g/mol. The second kappa shape index (κ2) is 9.11. The molecular weight excluding hydrogens is 276 g/mol. The molecule has 0 saturated heterocycles. The SMILES string of the molecule is CCCCNCc1cc2c(n(CCCOC)c1=O)CCCC2. The van der Waals surface area contributed by atoms with Crippen molar-refractivity contribution in [3.63, 3.8) is 0 Å². The molecule has 1 aliphatic carbocycles. The molecule has 0 aliphatic heterocycles. The topological polar surface area (TPSA) is 43.3 Å². The van der Waals surface area contributed by atoms with E-state index in [1.807, 2.05) is 4.57 Å². The summed E-state index contributed by atoms with van der Waals surface area (Å²) in [5.74, 6) is 0. The Balaban J connectivity index is 2.18. The van der Waals surface area contributed by atoms with Crippen molar-refractivity contribution in [1.29, 1.82) is 0 Å². The minimum atomic E-state index is 0.195. The third-order valence-corrected chi connectivity index (χ3v) is 4.43. The van der Waals surface area contributed by atoms with Crippen LogP contribution in [0.4, 0.5) is 0 Å². The molecule has 0 spiro atoms. The van der Waals surface area contributed by atoms with Gasteiger partial charge in [0, 0.05) is 38.1 Å². The Morgan fingerprint density at radius 3 is 2.86 bits per heavy atom. The molecule has 1 heterocycles. The summed E-state index contributed by atoms with van der Waals surface area (Å²) in [5, 5.41) is 3.41. The summed E-state index contributed by atoms with van der Waals surface area (Å²) >= 11 is 0. The molecule has 1 aromatic heterocycles. The molecule has 0 bridgehead atoms. The summed E-state index contributed by atoms with van der Waals surface area (Å²) < 4.78 is 7.16. The number of unbranched alkanes of at least 4 members (excludes halogenated alkanes) is 1. The van der Waals surface area contributed by atoms with Crippen LogP contribution < -0.4 is 10.9 Å². The highest BCUT2D eigenvalue weighted by molar-refractivity contribution is 5.29. The zero-order valence-corrected chi connectivity index (χ0v) is 14.1. The Hall–Kier alpha value is -1.13. The van der Waals surface area contributed by atoms with E-state index in [0.717, 1.165) is 44.3 Å². The van der Waals surface area contributed by atoms with Crippen LogP contribution in [0.2, 0.25) is 0 Å². The molecule has 1 aromatic rings. The molecule has 0 fully saturated rings. The molecule has 22 heavy (non-hydrogen) atoms. The van der Waals surface area contributed by atoms with Gasteiger partial charge in [-0.05, 0) is 56.7 Å². The number of nitrogens with one attached hydrogen (secondary N) is 1. The van der Waals surface area contributed by atoms with Gasteiger partial charge in [0.25, 0.3) is 5.56 Å². The Morgan fingerprint density at radius 2 is 2.09 bits per heavy atom. The number of hydrogen-bond acceptors (Lipinski definition) is 3. The minimum absolute atomic E-state index is 0.195. The average molecular weight is 306 g/mol. The lowest BCUT2D eigenvalue weighted by atomic mass is 9.94. The van der Waals surface area contributed by atoms with E-state index in [9.17, 15) is 4.79 Å². The fraction of sp³-hybridized carbons (Fsp3) is 0.722. The van der Waals surface area contributed by atoms with E-state index in [2.05, 4.69) is 18.3 Å². The number of aryl methyl sites for hydroxylation is 1. The van der Waals surface area contributed by atoms with Crippen molar-refractivity contribution in [2.24, 2.45) is 0 Å². The quantitative estimate of drug-likeness (QED) is 0.713. The molecule has 1 N–H and O–H groups in total. The first-order valence-electron chi connectivity index (χ1n) is 8.72. The van der Waals surface area contributed by atoms with Gasteiger partial charge in [-0.2, -0.15) is 0 Å². The van der Waals surface area contributed by atoms with Crippen molar-refractivity contribution in [2.45, 2.75) is 65.0 Å². The maximum absolute atomic E-state index is 12.8. The molecule has 0 radical (unpaired) electrons. The second-order valence-electron chi connectivity index (χ2n) is 6.18. The lowest BCUT2D eigenvalue weighted by Crippen LogP contribution is -2.32. The van der Waals surface area contributed by atoms with Gasteiger partial charge in [-0.3, -0.25) is 4.79 Å². The van der Waals surface area contributed by atoms with Crippen LogP contribution in [0.1, 0.15) is 55.8 Å². The molecular formula is C18H30N2O2. The van der Waals surface area contributed by atoms with Crippen LogP contribution in [0.15, 0.2) is 10.9 Å². The number of fused-ring (bicyclic) bond motifs is 1. The predicted octanol–water partition coefficient (Wildman–Crippen LogP) is 2.65. The van der Waals surface area contributed by atoms with Crippen LogP contribution in [0.25, 0.3) is 0 Å². The van der Waals surface area contributed by atoms with Gasteiger partial charge in [-0.1, -0.05) is 13.3 Å². The van der Waals surface area contributed by atoms with E-state index in [0.29, 0.717) is 13.2 Å². The van der Waals surface area contributed by atoms with Crippen LogP contribution in [-0.4, -0.2) is 24.8 Å². The maximum Gasteiger partial charge on any atom is 0.255 e. The molecule has 4 nitrogen and oxygen atoms in total. The Labute approximate surface area is 133 Å². The van der Waals surface area contributed by atoms with Crippen molar-refractivity contribution in [2.75, 3.05) is 20.3 Å². The third kappa shape index (κ3) is 4.43. The predicted molar refractivity (Wildman–Crippen MR) is 90.5 cm³/mol. The molecule has 124 valence electrons. The van der Waals surface area contributed by atoms with Gasteiger partial charge in [0.15, 0.2) is 0 Å². The van der Waals surface area contributed by atoms with Crippen molar-refractivity contribution < 1.29 is 4.74 Å². The van der Waals surface area contributed by atoms with Gasteiger partial charge >= 0.3 is 0 Å². The van der Waals surface area contributed by atoms with Crippen molar-refractivity contribution >= 4 is 0 Å². The first kappa shape index (κ1) is 17.2. The molecule has 4 heteroatoms. The van der Waals surface area contributed by atoms with Crippen LogP contribution >= 0.6 is 0 Å². The van der Waals surface area contributed by atoms with Crippen LogP contribution in [-0.2, 0) is 30.7 Å². The number of ether oxygens (including phenoxy) is 1. The largest absolute Gasteiger partial charge is 0.385 e. The van der Waals surface area contributed by atoms with Gasteiger partial charge in [0.2, 0.25) is 0 Å². The number of nitrogens with zero attached hydrogens (tertiary/aromatic N) is 1. The molecule has 0 amide bonds. The van der Waals surface area contributed by atoms with Gasteiger partial charge in [-0.15, -0.1) is 0 Å². The minimum Gasteiger partial charge on any atom is -0.385 e. The summed E-state index contributed by atoms with van der Waals surface area (Å²) in [6.07, 6.45) is 7.83. The van der Waals surface area contributed by atoms with Gasteiger partial charge in [-0.25, -0.2) is 0 Å². The summed E-state index contributed by atoms with van der Waals surface area (Å²) in [7, 11) is 1.71. The average Bonchev–Trinajstić information content (AvgIpc) is 2.54. The fourth-order valence-electron chi connectivity index (χ4n) is 3.20. The number of hydrogen-bond donors (Lipinski definition) is 1. The first-order chi connectivity index (χ1) is 10.8. The number of rotatable bonds is 9. The van der Waals surface area contributed by atoms with E-state index in [1.165, 1.54) is 30.5 Å². The van der Waals surface area contributed by atoms with E-state index < -0.39 is 0 Å². The summed E-state index contributed by atoms with van der Waals surface area (Å²) in [6.45, 7) is 5.34. The third-order valence-electron chi connectivity index (χ3n) is 4.43. The van der Waals surface area contributed by atoms with Crippen molar-refractivity contribution in [3.05, 3.63) is 33.2 Å². The number of methoxy groups -OCH3 is 1. The Kier molecular flexibility index (Phi) is 7.13. The van der Waals surface area contributed by atoms with Gasteiger partial charge in [0.05, 0.1) is 0 Å². The molecule has 0 saturated carbocycles. The highest BCUT2D eigenvalue weighted by Gasteiger charge is 2.17. The Bertz CT molecular complexity index is 523. The van der Waals surface area contributed by atoms with Crippen LogP contribution in [0.3, 0.4) is 0 Å². The summed E-state index contributed by atoms with van der Waals surface area (Å²) in [6, 6.07) is 2.16. The smallest absolute Gasteiger partial charge is 0.255 e. The van der Waals surface area contributed by atoms with Crippen molar-refractivity contribution in [1.82, 2.24) is 9.88 Å². The second-order valence-corrected chi connectivity index (χ2v) is 6.18. The maximum atomic E-state index is 12.8. The lowest BCUT2D eigenvalue weighted by molar-refractivity contribution is 0.189.